The van der Waals surface area contributed by atoms with Gasteiger partial charge < -0.3 is 16.3 Å². The van der Waals surface area contributed by atoms with Gasteiger partial charge in [-0.3, -0.25) is 0 Å². The fourth-order valence-corrected chi connectivity index (χ4v) is 1.42. The van der Waals surface area contributed by atoms with Crippen molar-refractivity contribution < 1.29 is 9.60 Å². The molecule has 5 heteroatoms. The van der Waals surface area contributed by atoms with Gasteiger partial charge in [0.15, 0.2) is 5.84 Å². The predicted octanol–water partition coefficient (Wildman–Crippen LogP) is 1.61. The Bertz CT molecular complexity index is 381. The Labute approximate surface area is 94.0 Å². The minimum Gasteiger partial charge on any atom is -0.409 e. The van der Waals surface area contributed by atoms with Crippen molar-refractivity contribution in [1.82, 2.24) is 5.32 Å². The monoisotopic (exact) mass is 225 g/mol. The molecule has 4 nitrogen and oxygen atoms in total. The highest BCUT2D eigenvalue weighted by Gasteiger charge is 2.12. The van der Waals surface area contributed by atoms with Gasteiger partial charge in [0.1, 0.15) is 5.82 Å². The molecular formula is C11H16FN3O. The van der Waals surface area contributed by atoms with Gasteiger partial charge >= 0.3 is 0 Å². The van der Waals surface area contributed by atoms with E-state index in [0.717, 1.165) is 5.56 Å². The summed E-state index contributed by atoms with van der Waals surface area (Å²) in [4.78, 5) is 0. The van der Waals surface area contributed by atoms with Crippen molar-refractivity contribution >= 4 is 5.84 Å². The Balaban J connectivity index is 2.69. The molecule has 0 aliphatic heterocycles. The topological polar surface area (TPSA) is 70.6 Å². The third-order valence-electron chi connectivity index (χ3n) is 2.41. The summed E-state index contributed by atoms with van der Waals surface area (Å²) >= 11 is 0. The number of nitrogens with zero attached hydrogens (tertiary/aromatic N) is 1. The quantitative estimate of drug-likeness (QED) is 0.315. The molecule has 0 radical (unpaired) electrons. The maximum absolute atomic E-state index is 13.0. The van der Waals surface area contributed by atoms with Gasteiger partial charge in [-0.2, -0.15) is 0 Å². The molecule has 4 N–H and O–H groups in total. The first-order valence-electron chi connectivity index (χ1n) is 5.03. The van der Waals surface area contributed by atoms with E-state index >= 15 is 0 Å². The van der Waals surface area contributed by atoms with E-state index in [1.54, 1.807) is 13.0 Å². The number of hydrogen-bond donors (Lipinski definition) is 3. The van der Waals surface area contributed by atoms with Gasteiger partial charge in [0, 0.05) is 6.04 Å². The number of rotatable bonds is 4. The summed E-state index contributed by atoms with van der Waals surface area (Å²) in [5, 5.41) is 14.5. The van der Waals surface area contributed by atoms with Gasteiger partial charge in [0.25, 0.3) is 0 Å². The zero-order valence-electron chi connectivity index (χ0n) is 9.31. The molecule has 0 bridgehead atoms. The third-order valence-corrected chi connectivity index (χ3v) is 2.41. The summed E-state index contributed by atoms with van der Waals surface area (Å²) < 4.78 is 13.0. The van der Waals surface area contributed by atoms with E-state index in [2.05, 4.69) is 10.5 Å². The lowest BCUT2D eigenvalue weighted by Gasteiger charge is -2.19. The predicted molar refractivity (Wildman–Crippen MR) is 60.8 cm³/mol. The molecule has 16 heavy (non-hydrogen) atoms. The molecule has 0 saturated carbocycles. The number of hydrogen-bond acceptors (Lipinski definition) is 3. The van der Waals surface area contributed by atoms with Crippen molar-refractivity contribution in [3.63, 3.8) is 0 Å². The maximum atomic E-state index is 13.0. The summed E-state index contributed by atoms with van der Waals surface area (Å²) in [6, 6.07) is 5.96. The Kier molecular flexibility index (Phi) is 4.25. The first-order valence-corrected chi connectivity index (χ1v) is 5.03. The van der Waals surface area contributed by atoms with E-state index in [0.29, 0.717) is 0 Å². The minimum atomic E-state index is -0.275. The fourth-order valence-electron chi connectivity index (χ4n) is 1.42. The van der Waals surface area contributed by atoms with Gasteiger partial charge in [-0.1, -0.05) is 17.3 Å². The highest BCUT2D eigenvalue weighted by Crippen LogP contribution is 2.13. The lowest BCUT2D eigenvalue weighted by atomic mass is 10.1. The summed E-state index contributed by atoms with van der Waals surface area (Å²) in [5.74, 6) is -0.175. The van der Waals surface area contributed by atoms with Crippen LogP contribution in [0, 0.1) is 5.82 Å². The van der Waals surface area contributed by atoms with Gasteiger partial charge in [0.05, 0.1) is 6.04 Å². The molecule has 0 amide bonds. The van der Waals surface area contributed by atoms with E-state index in [1.165, 1.54) is 12.1 Å². The van der Waals surface area contributed by atoms with Crippen molar-refractivity contribution in [1.29, 1.82) is 0 Å². The zero-order chi connectivity index (χ0) is 12.1. The van der Waals surface area contributed by atoms with Crippen molar-refractivity contribution in [3.8, 4) is 0 Å². The van der Waals surface area contributed by atoms with Crippen molar-refractivity contribution in [2.75, 3.05) is 0 Å². The Morgan fingerprint density at radius 2 is 2.19 bits per heavy atom. The molecule has 0 aliphatic rings. The van der Waals surface area contributed by atoms with Crippen molar-refractivity contribution in [3.05, 3.63) is 35.6 Å². The highest BCUT2D eigenvalue weighted by molar-refractivity contribution is 5.84. The summed E-state index contributed by atoms with van der Waals surface area (Å²) in [5.41, 5.74) is 6.25. The van der Waals surface area contributed by atoms with Gasteiger partial charge in [0.2, 0.25) is 0 Å². The van der Waals surface area contributed by atoms with Gasteiger partial charge in [-0.25, -0.2) is 4.39 Å². The Hall–Kier alpha value is -1.62. The number of oxime groups is 1. The molecule has 0 aromatic heterocycles. The first-order chi connectivity index (χ1) is 7.54. The largest absolute Gasteiger partial charge is 0.409 e. The van der Waals surface area contributed by atoms with Crippen LogP contribution in [-0.4, -0.2) is 17.1 Å². The van der Waals surface area contributed by atoms with Gasteiger partial charge in [-0.15, -0.1) is 0 Å². The summed E-state index contributed by atoms with van der Waals surface area (Å²) in [6.07, 6.45) is 0. The molecule has 88 valence electrons. The van der Waals surface area contributed by atoms with Crippen molar-refractivity contribution in [2.24, 2.45) is 10.9 Å². The Morgan fingerprint density at radius 1 is 1.50 bits per heavy atom. The van der Waals surface area contributed by atoms with Crippen LogP contribution >= 0.6 is 0 Å². The van der Waals surface area contributed by atoms with Gasteiger partial charge in [-0.05, 0) is 31.5 Å². The second-order valence-electron chi connectivity index (χ2n) is 3.69. The molecule has 1 rings (SSSR count). The standard InChI is InChI=1S/C11H16FN3O/c1-7(14-8(2)11(13)15-16)9-4-3-5-10(12)6-9/h3-8,14,16H,1-2H3,(H2,13,15). The number of benzene rings is 1. The number of halogens is 1. The average Bonchev–Trinajstić information content (AvgIpc) is 2.27. The second-order valence-corrected chi connectivity index (χ2v) is 3.69. The molecule has 2 unspecified atom stereocenters. The second kappa shape index (κ2) is 5.46. The first kappa shape index (κ1) is 12.4. The number of nitrogens with one attached hydrogen (secondary N) is 1. The van der Waals surface area contributed by atoms with E-state index in [9.17, 15) is 4.39 Å². The fraction of sp³-hybridized carbons (Fsp3) is 0.364. The Morgan fingerprint density at radius 3 is 2.75 bits per heavy atom. The minimum absolute atomic E-state index is 0.0778. The molecule has 0 fully saturated rings. The molecular weight excluding hydrogens is 209 g/mol. The van der Waals surface area contributed by atoms with E-state index in [4.69, 9.17) is 10.9 Å². The smallest absolute Gasteiger partial charge is 0.156 e. The molecule has 1 aromatic carbocycles. The zero-order valence-corrected chi connectivity index (χ0v) is 9.31. The van der Waals surface area contributed by atoms with Crippen LogP contribution in [0.3, 0.4) is 0 Å². The molecule has 0 heterocycles. The molecule has 2 atom stereocenters. The molecule has 1 aromatic rings. The summed E-state index contributed by atoms with van der Waals surface area (Å²) in [6.45, 7) is 3.65. The van der Waals surface area contributed by atoms with Crippen LogP contribution in [0.15, 0.2) is 29.4 Å². The van der Waals surface area contributed by atoms with Crippen LogP contribution in [0.5, 0.6) is 0 Å². The lowest BCUT2D eigenvalue weighted by molar-refractivity contribution is 0.314. The van der Waals surface area contributed by atoms with Crippen molar-refractivity contribution in [2.45, 2.75) is 25.9 Å². The third kappa shape index (κ3) is 3.20. The van der Waals surface area contributed by atoms with Crippen LogP contribution in [0.1, 0.15) is 25.5 Å². The normalized spacial score (nSPS) is 15.8. The van der Waals surface area contributed by atoms with E-state index < -0.39 is 0 Å². The summed E-state index contributed by atoms with van der Waals surface area (Å²) in [7, 11) is 0. The number of nitrogens with two attached hydrogens (primary N) is 1. The molecule has 0 saturated heterocycles. The average molecular weight is 225 g/mol. The van der Waals surface area contributed by atoms with Crippen LogP contribution in [0.25, 0.3) is 0 Å². The van der Waals surface area contributed by atoms with Crippen LogP contribution < -0.4 is 11.1 Å². The maximum Gasteiger partial charge on any atom is 0.156 e. The van der Waals surface area contributed by atoms with Crippen LogP contribution in [-0.2, 0) is 0 Å². The highest BCUT2D eigenvalue weighted by atomic mass is 19.1. The van der Waals surface area contributed by atoms with Crippen LogP contribution in [0.4, 0.5) is 4.39 Å². The number of amidine groups is 1. The van der Waals surface area contributed by atoms with E-state index in [-0.39, 0.29) is 23.7 Å². The lowest BCUT2D eigenvalue weighted by Crippen LogP contribution is -2.40. The van der Waals surface area contributed by atoms with Crippen LogP contribution in [0.2, 0.25) is 0 Å². The SMILES string of the molecule is CC(NC(C)c1cccc(F)c1)C(N)=NO. The molecule has 0 aliphatic carbocycles. The molecule has 0 spiro atoms. The van der Waals surface area contributed by atoms with E-state index in [1.807, 2.05) is 13.0 Å².